The van der Waals surface area contributed by atoms with Crippen LogP contribution in [0.2, 0.25) is 0 Å². The van der Waals surface area contributed by atoms with Crippen LogP contribution in [0.4, 0.5) is 8.78 Å². The second-order valence-corrected chi connectivity index (χ2v) is 4.57. The van der Waals surface area contributed by atoms with Gasteiger partial charge >= 0.3 is 5.97 Å². The molecule has 2 aromatic rings. The first-order chi connectivity index (χ1) is 10.1. The van der Waals surface area contributed by atoms with Crippen molar-refractivity contribution in [1.82, 2.24) is 5.32 Å². The van der Waals surface area contributed by atoms with Crippen molar-refractivity contribution in [3.05, 3.63) is 70.8 Å². The molecule has 0 aromatic heterocycles. The van der Waals surface area contributed by atoms with Gasteiger partial charge in [-0.05, 0) is 35.4 Å². The van der Waals surface area contributed by atoms with Crippen LogP contribution in [0.3, 0.4) is 0 Å². The molecule has 0 fully saturated rings. The zero-order chi connectivity index (χ0) is 15.2. The molecular weight excluding hydrogens is 276 g/mol. The first-order valence-electron chi connectivity index (χ1n) is 6.41. The molecule has 0 radical (unpaired) electrons. The highest BCUT2D eigenvalue weighted by Crippen LogP contribution is 2.09. The average molecular weight is 291 g/mol. The third kappa shape index (κ3) is 4.36. The Hall–Kier alpha value is -2.27. The van der Waals surface area contributed by atoms with E-state index in [0.717, 1.165) is 11.6 Å². The summed E-state index contributed by atoms with van der Waals surface area (Å²) >= 11 is 0. The van der Waals surface area contributed by atoms with E-state index >= 15 is 0 Å². The number of nitrogens with one attached hydrogen (secondary N) is 1. The van der Waals surface area contributed by atoms with E-state index in [9.17, 15) is 13.6 Å². The Kier molecular flexibility index (Phi) is 5.00. The molecule has 0 atom stereocenters. The van der Waals surface area contributed by atoms with Crippen LogP contribution in [-0.2, 0) is 17.8 Å². The molecule has 0 bridgehead atoms. The molecule has 1 N–H and O–H groups in total. The Balaban J connectivity index is 1.90. The molecule has 5 heteroatoms. The van der Waals surface area contributed by atoms with Crippen molar-refractivity contribution in [2.75, 3.05) is 7.11 Å². The average Bonchev–Trinajstić information content (AvgIpc) is 2.46. The molecule has 3 nitrogen and oxygen atoms in total. The van der Waals surface area contributed by atoms with Crippen molar-refractivity contribution in [1.29, 1.82) is 0 Å². The highest BCUT2D eigenvalue weighted by Gasteiger charge is 2.04. The van der Waals surface area contributed by atoms with Crippen molar-refractivity contribution in [2.45, 2.75) is 13.1 Å². The predicted octanol–water partition coefficient (Wildman–Crippen LogP) is 3.04. The van der Waals surface area contributed by atoms with E-state index in [1.807, 2.05) is 0 Å². The number of carbonyl (C=O) groups excluding carboxylic acids is 1. The molecule has 0 spiro atoms. The fourth-order valence-corrected chi connectivity index (χ4v) is 1.94. The number of esters is 1. The van der Waals surface area contributed by atoms with E-state index in [4.69, 9.17) is 0 Å². The van der Waals surface area contributed by atoms with Gasteiger partial charge in [-0.1, -0.05) is 12.1 Å². The first kappa shape index (κ1) is 15.1. The van der Waals surface area contributed by atoms with Crippen molar-refractivity contribution in [3.8, 4) is 0 Å². The van der Waals surface area contributed by atoms with Gasteiger partial charge in [0.2, 0.25) is 0 Å². The lowest BCUT2D eigenvalue weighted by Crippen LogP contribution is -2.13. The van der Waals surface area contributed by atoms with Crippen LogP contribution in [-0.4, -0.2) is 13.1 Å². The van der Waals surface area contributed by atoms with Gasteiger partial charge in [-0.15, -0.1) is 0 Å². The summed E-state index contributed by atoms with van der Waals surface area (Å²) in [6.07, 6.45) is 0. The summed E-state index contributed by atoms with van der Waals surface area (Å²) in [5.74, 6) is -1.56. The lowest BCUT2D eigenvalue weighted by molar-refractivity contribution is 0.0600. The summed E-state index contributed by atoms with van der Waals surface area (Å²) in [7, 11) is 1.33. The van der Waals surface area contributed by atoms with Crippen molar-refractivity contribution in [2.24, 2.45) is 0 Å². The van der Waals surface area contributed by atoms with Gasteiger partial charge in [-0.25, -0.2) is 13.6 Å². The largest absolute Gasteiger partial charge is 0.465 e. The molecule has 0 saturated carbocycles. The Morgan fingerprint density at radius 2 is 1.57 bits per heavy atom. The van der Waals surface area contributed by atoms with Crippen LogP contribution in [0.1, 0.15) is 21.5 Å². The van der Waals surface area contributed by atoms with Gasteiger partial charge in [-0.3, -0.25) is 0 Å². The zero-order valence-corrected chi connectivity index (χ0v) is 11.5. The fraction of sp³-hybridized carbons (Fsp3) is 0.188. The van der Waals surface area contributed by atoms with Crippen LogP contribution >= 0.6 is 0 Å². The zero-order valence-electron chi connectivity index (χ0n) is 11.5. The molecule has 0 aliphatic carbocycles. The number of rotatable bonds is 5. The van der Waals surface area contributed by atoms with Crippen LogP contribution in [0.15, 0.2) is 42.5 Å². The monoisotopic (exact) mass is 291 g/mol. The highest BCUT2D eigenvalue weighted by atomic mass is 19.1. The van der Waals surface area contributed by atoms with Crippen molar-refractivity contribution in [3.63, 3.8) is 0 Å². The molecule has 21 heavy (non-hydrogen) atoms. The molecule has 0 heterocycles. The number of hydrogen-bond donors (Lipinski definition) is 1. The number of methoxy groups -OCH3 is 1. The Labute approximate surface area is 121 Å². The second-order valence-electron chi connectivity index (χ2n) is 4.57. The molecule has 0 aliphatic heterocycles. The van der Waals surface area contributed by atoms with E-state index in [1.165, 1.54) is 19.2 Å². The van der Waals surface area contributed by atoms with Gasteiger partial charge in [0.25, 0.3) is 0 Å². The molecule has 0 aliphatic rings. The maximum Gasteiger partial charge on any atom is 0.337 e. The van der Waals surface area contributed by atoms with Crippen LogP contribution in [0.25, 0.3) is 0 Å². The summed E-state index contributed by atoms with van der Waals surface area (Å²) in [6, 6.07) is 10.4. The molecule has 0 saturated heterocycles. The minimum Gasteiger partial charge on any atom is -0.465 e. The number of hydrogen-bond acceptors (Lipinski definition) is 3. The van der Waals surface area contributed by atoms with Gasteiger partial charge in [0, 0.05) is 19.2 Å². The van der Waals surface area contributed by atoms with Crippen molar-refractivity contribution >= 4 is 5.97 Å². The fourth-order valence-electron chi connectivity index (χ4n) is 1.94. The van der Waals surface area contributed by atoms with Gasteiger partial charge < -0.3 is 10.1 Å². The molecule has 0 amide bonds. The third-order valence-corrected chi connectivity index (χ3v) is 2.96. The van der Waals surface area contributed by atoms with Gasteiger partial charge in [0.05, 0.1) is 12.7 Å². The standard InChI is InChI=1S/C16H15F2NO2/c1-21-16(20)13-4-2-11(3-5-13)9-19-10-12-6-14(17)8-15(18)7-12/h2-8,19H,9-10H2,1H3. The van der Waals surface area contributed by atoms with Gasteiger partial charge in [0.15, 0.2) is 0 Å². The first-order valence-corrected chi connectivity index (χ1v) is 6.41. The summed E-state index contributed by atoms with van der Waals surface area (Å²) in [5.41, 5.74) is 1.98. The van der Waals surface area contributed by atoms with E-state index < -0.39 is 11.6 Å². The van der Waals surface area contributed by atoms with E-state index in [1.54, 1.807) is 24.3 Å². The summed E-state index contributed by atoms with van der Waals surface area (Å²) in [5, 5.41) is 3.09. The normalized spacial score (nSPS) is 10.4. The van der Waals surface area contributed by atoms with E-state index in [2.05, 4.69) is 10.1 Å². The lowest BCUT2D eigenvalue weighted by atomic mass is 10.1. The summed E-state index contributed by atoms with van der Waals surface area (Å²) in [6.45, 7) is 0.882. The molecule has 110 valence electrons. The molecule has 0 unspecified atom stereocenters. The maximum atomic E-state index is 13.0. The van der Waals surface area contributed by atoms with Crippen molar-refractivity contribution < 1.29 is 18.3 Å². The number of halogens is 2. The van der Waals surface area contributed by atoms with Crippen LogP contribution in [0.5, 0.6) is 0 Å². The molecular formula is C16H15F2NO2. The van der Waals surface area contributed by atoms with E-state index in [0.29, 0.717) is 24.2 Å². The number of ether oxygens (including phenoxy) is 1. The number of benzene rings is 2. The minimum atomic E-state index is -0.589. The van der Waals surface area contributed by atoms with Gasteiger partial charge in [-0.2, -0.15) is 0 Å². The van der Waals surface area contributed by atoms with Gasteiger partial charge in [0.1, 0.15) is 11.6 Å². The molecule has 2 aromatic carbocycles. The number of carbonyl (C=O) groups is 1. The summed E-state index contributed by atoms with van der Waals surface area (Å²) < 4.78 is 30.7. The van der Waals surface area contributed by atoms with Crippen LogP contribution in [0, 0.1) is 11.6 Å². The lowest BCUT2D eigenvalue weighted by Gasteiger charge is -2.06. The highest BCUT2D eigenvalue weighted by molar-refractivity contribution is 5.89. The SMILES string of the molecule is COC(=O)c1ccc(CNCc2cc(F)cc(F)c2)cc1. The topological polar surface area (TPSA) is 38.3 Å². The Morgan fingerprint density at radius 1 is 1.00 bits per heavy atom. The van der Waals surface area contributed by atoms with Crippen LogP contribution < -0.4 is 5.32 Å². The quantitative estimate of drug-likeness (QED) is 0.861. The summed E-state index contributed by atoms with van der Waals surface area (Å²) in [4.78, 5) is 11.3. The Bertz CT molecular complexity index is 606. The maximum absolute atomic E-state index is 13.0. The third-order valence-electron chi connectivity index (χ3n) is 2.96. The predicted molar refractivity (Wildman–Crippen MR) is 74.7 cm³/mol. The molecule has 2 rings (SSSR count). The minimum absolute atomic E-state index is 0.355. The smallest absolute Gasteiger partial charge is 0.337 e. The second kappa shape index (κ2) is 6.95. The van der Waals surface area contributed by atoms with E-state index in [-0.39, 0.29) is 5.97 Å². The Morgan fingerprint density at radius 3 is 2.14 bits per heavy atom.